The average molecular weight is 424 g/mol. The summed E-state index contributed by atoms with van der Waals surface area (Å²) < 4.78 is 61.1. The number of benzene rings is 2. The highest BCUT2D eigenvalue weighted by Crippen LogP contribution is 2.39. The van der Waals surface area contributed by atoms with Gasteiger partial charge in [0.2, 0.25) is 0 Å². The number of hydrogen-bond donors (Lipinski definition) is 1. The van der Waals surface area contributed by atoms with Gasteiger partial charge in [-0.15, -0.1) is 0 Å². The van der Waals surface area contributed by atoms with Crippen LogP contribution in [0.5, 0.6) is 0 Å². The third kappa shape index (κ3) is 5.11. The highest BCUT2D eigenvalue weighted by atomic mass is 19.4. The van der Waals surface area contributed by atoms with E-state index in [9.17, 15) is 22.4 Å². The van der Waals surface area contributed by atoms with Crippen molar-refractivity contribution >= 4 is 6.03 Å². The van der Waals surface area contributed by atoms with Crippen LogP contribution in [0.2, 0.25) is 0 Å². The van der Waals surface area contributed by atoms with Gasteiger partial charge in [0.05, 0.1) is 24.8 Å². The number of ether oxygens (including phenoxy) is 1. The molecule has 1 heterocycles. The maximum atomic E-state index is 14.5. The van der Waals surface area contributed by atoms with Crippen molar-refractivity contribution in [3.8, 4) is 0 Å². The van der Waals surface area contributed by atoms with E-state index in [0.29, 0.717) is 0 Å². The maximum Gasteiger partial charge on any atom is 0.416 e. The van der Waals surface area contributed by atoms with Crippen LogP contribution in [0.25, 0.3) is 0 Å². The van der Waals surface area contributed by atoms with Crippen molar-refractivity contribution in [2.24, 2.45) is 0 Å². The van der Waals surface area contributed by atoms with E-state index in [1.807, 2.05) is 20.8 Å². The molecule has 1 atom stereocenters. The zero-order valence-electron chi connectivity index (χ0n) is 17.0. The molecule has 0 spiro atoms. The minimum atomic E-state index is -4.61. The summed E-state index contributed by atoms with van der Waals surface area (Å²) in [6.45, 7) is 5.96. The average Bonchev–Trinajstić information content (AvgIpc) is 2.59. The zero-order valence-corrected chi connectivity index (χ0v) is 17.0. The molecule has 0 aliphatic carbocycles. The van der Waals surface area contributed by atoms with E-state index in [-0.39, 0.29) is 30.2 Å². The first kappa shape index (κ1) is 22.1. The van der Waals surface area contributed by atoms with Gasteiger partial charge in [0.25, 0.3) is 0 Å². The molecule has 162 valence electrons. The van der Waals surface area contributed by atoms with E-state index in [4.69, 9.17) is 4.74 Å². The number of rotatable bonds is 4. The molecular formula is C22H24F4N2O2. The summed E-state index contributed by atoms with van der Waals surface area (Å²) in [7, 11) is 0. The van der Waals surface area contributed by atoms with Crippen molar-refractivity contribution in [3.63, 3.8) is 0 Å². The third-order valence-electron chi connectivity index (χ3n) is 4.68. The van der Waals surface area contributed by atoms with Gasteiger partial charge in [-0.05, 0) is 38.5 Å². The lowest BCUT2D eigenvalue weighted by Crippen LogP contribution is -2.60. The van der Waals surface area contributed by atoms with Crippen LogP contribution in [-0.4, -0.2) is 35.7 Å². The summed E-state index contributed by atoms with van der Waals surface area (Å²) in [5, 5.41) is 2.82. The fourth-order valence-electron chi connectivity index (χ4n) is 3.27. The normalized spacial score (nSPS) is 16.2. The number of carbonyl (C=O) groups is 1. The molecule has 1 aliphatic heterocycles. The van der Waals surface area contributed by atoms with Gasteiger partial charge >= 0.3 is 12.2 Å². The minimum absolute atomic E-state index is 0.0202. The van der Waals surface area contributed by atoms with Crippen LogP contribution in [0.3, 0.4) is 0 Å². The largest absolute Gasteiger partial charge is 0.416 e. The summed E-state index contributed by atoms with van der Waals surface area (Å²) >= 11 is 0. The smallest absolute Gasteiger partial charge is 0.362 e. The molecule has 1 N–H and O–H groups in total. The van der Waals surface area contributed by atoms with Gasteiger partial charge in [0.1, 0.15) is 11.9 Å². The van der Waals surface area contributed by atoms with Crippen LogP contribution in [0.15, 0.2) is 48.5 Å². The van der Waals surface area contributed by atoms with Crippen LogP contribution in [-0.2, 0) is 10.9 Å². The van der Waals surface area contributed by atoms with E-state index in [2.05, 4.69) is 5.32 Å². The van der Waals surface area contributed by atoms with E-state index >= 15 is 0 Å². The summed E-state index contributed by atoms with van der Waals surface area (Å²) in [6.07, 6.45) is -6.37. The molecule has 2 aromatic carbocycles. The predicted octanol–water partition coefficient (Wildman–Crippen LogP) is 5.14. The second-order valence-electron chi connectivity index (χ2n) is 8.33. The van der Waals surface area contributed by atoms with Crippen molar-refractivity contribution in [3.05, 3.63) is 71.0 Å². The van der Waals surface area contributed by atoms with Crippen LogP contribution >= 0.6 is 0 Å². The molecule has 0 bridgehead atoms. The molecule has 2 amide bonds. The van der Waals surface area contributed by atoms with Gasteiger partial charge in [-0.2, -0.15) is 13.2 Å². The number of hydrogen-bond acceptors (Lipinski definition) is 2. The van der Waals surface area contributed by atoms with Gasteiger partial charge in [-0.3, -0.25) is 0 Å². The molecule has 2 aromatic rings. The lowest BCUT2D eigenvalue weighted by Gasteiger charge is -2.42. The molecule has 1 aliphatic rings. The zero-order chi connectivity index (χ0) is 22.1. The van der Waals surface area contributed by atoms with Gasteiger partial charge in [-0.1, -0.05) is 36.4 Å². The Hall–Kier alpha value is -2.61. The quantitative estimate of drug-likeness (QED) is 0.691. The molecule has 0 radical (unpaired) electrons. The first-order valence-electron chi connectivity index (χ1n) is 9.59. The molecule has 0 saturated carbocycles. The van der Waals surface area contributed by atoms with Crippen LogP contribution in [0.1, 0.15) is 43.6 Å². The molecule has 1 unspecified atom stereocenters. The van der Waals surface area contributed by atoms with E-state index in [1.165, 1.54) is 41.3 Å². The fraction of sp³-hybridized carbons (Fsp3) is 0.409. The van der Waals surface area contributed by atoms with Crippen LogP contribution < -0.4 is 5.32 Å². The SMILES string of the molecule is CC(C)(C)NC(=O)N1CC(OC(c2ccccc2F)c2ccccc2C(F)(F)F)C1. The molecule has 1 saturated heterocycles. The highest BCUT2D eigenvalue weighted by Gasteiger charge is 2.39. The van der Waals surface area contributed by atoms with Gasteiger partial charge in [-0.25, -0.2) is 9.18 Å². The lowest BCUT2D eigenvalue weighted by atomic mass is 9.95. The van der Waals surface area contributed by atoms with Crippen molar-refractivity contribution in [1.29, 1.82) is 0 Å². The van der Waals surface area contributed by atoms with E-state index < -0.39 is 35.3 Å². The Kier molecular flexibility index (Phi) is 6.08. The van der Waals surface area contributed by atoms with Gasteiger partial charge < -0.3 is 15.0 Å². The Morgan fingerprint density at radius 2 is 1.60 bits per heavy atom. The number of alkyl halides is 3. The minimum Gasteiger partial charge on any atom is -0.362 e. The Bertz CT molecular complexity index is 902. The number of halogens is 4. The Morgan fingerprint density at radius 3 is 2.17 bits per heavy atom. The van der Waals surface area contributed by atoms with Crippen molar-refractivity contribution in [2.75, 3.05) is 13.1 Å². The number of nitrogens with zero attached hydrogens (tertiary/aromatic N) is 1. The fourth-order valence-corrected chi connectivity index (χ4v) is 3.27. The molecule has 8 heteroatoms. The van der Waals surface area contributed by atoms with Crippen LogP contribution in [0, 0.1) is 5.82 Å². The van der Waals surface area contributed by atoms with Gasteiger partial charge in [0, 0.05) is 11.1 Å². The van der Waals surface area contributed by atoms with E-state index in [1.54, 1.807) is 6.07 Å². The summed E-state index contributed by atoms with van der Waals surface area (Å²) in [4.78, 5) is 13.7. The lowest BCUT2D eigenvalue weighted by molar-refractivity contribution is -0.140. The summed E-state index contributed by atoms with van der Waals surface area (Å²) in [5.41, 5.74) is -1.43. The molecule has 0 aromatic heterocycles. The second-order valence-corrected chi connectivity index (χ2v) is 8.33. The first-order valence-corrected chi connectivity index (χ1v) is 9.59. The monoisotopic (exact) mass is 424 g/mol. The second kappa shape index (κ2) is 8.26. The molecule has 1 fully saturated rings. The predicted molar refractivity (Wildman–Crippen MR) is 104 cm³/mol. The first-order chi connectivity index (χ1) is 14.0. The topological polar surface area (TPSA) is 41.6 Å². The number of carbonyl (C=O) groups excluding carboxylic acids is 1. The Balaban J connectivity index is 1.84. The maximum absolute atomic E-state index is 14.5. The Morgan fingerprint density at radius 1 is 1.03 bits per heavy atom. The number of likely N-dealkylation sites (tertiary alicyclic amines) is 1. The van der Waals surface area contributed by atoms with Crippen molar-refractivity contribution < 1.29 is 27.1 Å². The standard InChI is InChI=1S/C22H24F4N2O2/c1-21(2,3)27-20(29)28-12-14(13-28)30-19(16-9-5-7-11-18(16)23)15-8-4-6-10-17(15)22(24,25)26/h4-11,14,19H,12-13H2,1-3H3,(H,27,29). The van der Waals surface area contributed by atoms with Gasteiger partial charge in [0.15, 0.2) is 0 Å². The van der Waals surface area contributed by atoms with E-state index in [0.717, 1.165) is 6.07 Å². The number of amides is 2. The molecule has 30 heavy (non-hydrogen) atoms. The molecule has 4 nitrogen and oxygen atoms in total. The molecule has 3 rings (SSSR count). The summed E-state index contributed by atoms with van der Waals surface area (Å²) in [5.74, 6) is -0.652. The summed E-state index contributed by atoms with van der Waals surface area (Å²) in [6, 6.07) is 10.3. The van der Waals surface area contributed by atoms with Crippen LogP contribution in [0.4, 0.5) is 22.4 Å². The third-order valence-corrected chi connectivity index (χ3v) is 4.68. The van der Waals surface area contributed by atoms with Crippen molar-refractivity contribution in [1.82, 2.24) is 10.2 Å². The van der Waals surface area contributed by atoms with Crippen molar-refractivity contribution in [2.45, 2.75) is 44.7 Å². The molecular weight excluding hydrogens is 400 g/mol. The number of nitrogens with one attached hydrogen (secondary N) is 1. The number of urea groups is 1. The Labute approximate surface area is 172 Å². The highest BCUT2D eigenvalue weighted by molar-refractivity contribution is 5.75.